The van der Waals surface area contributed by atoms with Crippen molar-refractivity contribution in [2.24, 2.45) is 0 Å². The molecule has 0 atom stereocenters. The van der Waals surface area contributed by atoms with E-state index < -0.39 is 0 Å². The van der Waals surface area contributed by atoms with Crippen LogP contribution in [-0.4, -0.2) is 52.2 Å². The Morgan fingerprint density at radius 2 is 2.04 bits per heavy atom. The van der Waals surface area contributed by atoms with Crippen molar-refractivity contribution in [1.82, 2.24) is 19.9 Å². The van der Waals surface area contributed by atoms with Gasteiger partial charge in [-0.05, 0) is 6.07 Å². The number of aryl methyl sites for hydroxylation is 1. The summed E-state index contributed by atoms with van der Waals surface area (Å²) in [6.45, 7) is 4.02. The maximum Gasteiger partial charge on any atom is 0.324 e. The molecule has 0 radical (unpaired) electrons. The van der Waals surface area contributed by atoms with E-state index in [-0.39, 0.29) is 12.0 Å². The van der Waals surface area contributed by atoms with Gasteiger partial charge in [0.1, 0.15) is 0 Å². The van der Waals surface area contributed by atoms with Crippen molar-refractivity contribution in [3.63, 3.8) is 0 Å². The average Bonchev–Trinajstić information content (AvgIpc) is 3.08. The molecule has 3 heterocycles. The minimum Gasteiger partial charge on any atom is -0.441 e. The first kappa shape index (κ1) is 15.5. The third kappa shape index (κ3) is 3.29. The smallest absolute Gasteiger partial charge is 0.324 e. The van der Waals surface area contributed by atoms with Crippen LogP contribution < -0.4 is 5.32 Å². The van der Waals surface area contributed by atoms with Crippen molar-refractivity contribution < 1.29 is 13.9 Å². The number of rotatable bonds is 2. The monoisotopic (exact) mass is 339 g/mol. The molecule has 2 aromatic heterocycles. The van der Waals surface area contributed by atoms with Crippen LogP contribution in [0, 0.1) is 6.92 Å². The fourth-order valence-corrected chi connectivity index (χ4v) is 2.67. The molecule has 8 heteroatoms. The highest BCUT2D eigenvalue weighted by atomic mass is 16.5. The number of benzene rings is 1. The first-order valence-corrected chi connectivity index (χ1v) is 8.02. The molecule has 128 valence electrons. The van der Waals surface area contributed by atoms with Gasteiger partial charge < -0.3 is 14.1 Å². The van der Waals surface area contributed by atoms with Gasteiger partial charge in [-0.1, -0.05) is 12.1 Å². The van der Waals surface area contributed by atoms with Gasteiger partial charge in [0, 0.05) is 37.2 Å². The molecule has 1 aliphatic heterocycles. The number of ether oxygens (including phenoxy) is 1. The highest BCUT2D eigenvalue weighted by Gasteiger charge is 2.17. The number of carbonyl (C=O) groups excluding carboxylic acids is 1. The highest BCUT2D eigenvalue weighted by molar-refractivity contribution is 5.89. The van der Waals surface area contributed by atoms with E-state index in [0.717, 1.165) is 16.5 Å². The summed E-state index contributed by atoms with van der Waals surface area (Å²) in [5.41, 5.74) is 1.59. The van der Waals surface area contributed by atoms with Crippen LogP contribution in [0.4, 0.5) is 10.7 Å². The summed E-state index contributed by atoms with van der Waals surface area (Å²) in [6.07, 6.45) is 3.37. The summed E-state index contributed by atoms with van der Waals surface area (Å²) in [4.78, 5) is 26.7. The molecule has 1 aliphatic rings. The maximum absolute atomic E-state index is 12.3. The van der Waals surface area contributed by atoms with Gasteiger partial charge in [0.2, 0.25) is 5.95 Å². The molecule has 1 saturated heterocycles. The fourth-order valence-electron chi connectivity index (χ4n) is 2.67. The number of anilines is 1. The van der Waals surface area contributed by atoms with E-state index in [4.69, 9.17) is 9.15 Å². The number of hydrogen-bond donors (Lipinski definition) is 1. The molecule has 3 aromatic rings. The number of amides is 2. The minimum absolute atomic E-state index is 0.218. The Hall–Kier alpha value is -3.00. The van der Waals surface area contributed by atoms with Gasteiger partial charge >= 0.3 is 6.03 Å². The van der Waals surface area contributed by atoms with Gasteiger partial charge in [0.15, 0.2) is 11.7 Å². The molecule has 8 nitrogen and oxygen atoms in total. The summed E-state index contributed by atoms with van der Waals surface area (Å²) in [5, 5.41) is 3.62. The van der Waals surface area contributed by atoms with Gasteiger partial charge in [-0.15, -0.1) is 0 Å². The molecule has 25 heavy (non-hydrogen) atoms. The summed E-state index contributed by atoms with van der Waals surface area (Å²) in [5.74, 6) is 1.56. The fraction of sp³-hybridized carbons (Fsp3) is 0.294. The lowest BCUT2D eigenvalue weighted by atomic mass is 10.1. The van der Waals surface area contributed by atoms with E-state index in [9.17, 15) is 4.79 Å². The number of fused-ring (bicyclic) bond motifs is 1. The van der Waals surface area contributed by atoms with E-state index in [1.54, 1.807) is 24.2 Å². The molecular formula is C17H17N5O3. The predicted octanol–water partition coefficient (Wildman–Crippen LogP) is 2.46. The Kier molecular flexibility index (Phi) is 4.02. The van der Waals surface area contributed by atoms with Crippen LogP contribution >= 0.6 is 0 Å². The number of oxazole rings is 1. The van der Waals surface area contributed by atoms with Gasteiger partial charge in [0.25, 0.3) is 0 Å². The Bertz CT molecular complexity index is 918. The third-order valence-electron chi connectivity index (χ3n) is 4.01. The lowest BCUT2D eigenvalue weighted by Gasteiger charge is -2.26. The zero-order valence-electron chi connectivity index (χ0n) is 13.7. The summed E-state index contributed by atoms with van der Waals surface area (Å²) >= 11 is 0. The number of hydrogen-bond acceptors (Lipinski definition) is 6. The molecule has 0 saturated carbocycles. The van der Waals surface area contributed by atoms with Crippen molar-refractivity contribution in [2.45, 2.75) is 6.92 Å². The van der Waals surface area contributed by atoms with Crippen molar-refractivity contribution in [2.75, 3.05) is 31.6 Å². The molecule has 1 aromatic carbocycles. The van der Waals surface area contributed by atoms with Crippen LogP contribution in [0.2, 0.25) is 0 Å². The Morgan fingerprint density at radius 1 is 1.20 bits per heavy atom. The number of aromatic nitrogens is 3. The topological polar surface area (TPSA) is 93.4 Å². The third-order valence-corrected chi connectivity index (χ3v) is 4.01. The van der Waals surface area contributed by atoms with E-state index >= 15 is 0 Å². The van der Waals surface area contributed by atoms with Gasteiger partial charge in [0.05, 0.1) is 24.9 Å². The quantitative estimate of drug-likeness (QED) is 0.771. The molecule has 1 N–H and O–H groups in total. The first-order valence-electron chi connectivity index (χ1n) is 8.02. The number of urea groups is 1. The van der Waals surface area contributed by atoms with E-state index in [1.807, 2.05) is 18.2 Å². The predicted molar refractivity (Wildman–Crippen MR) is 91.2 cm³/mol. The van der Waals surface area contributed by atoms with Crippen LogP contribution in [0.3, 0.4) is 0 Å². The first-order chi connectivity index (χ1) is 12.2. The Morgan fingerprint density at radius 3 is 2.80 bits per heavy atom. The maximum atomic E-state index is 12.3. The number of morpholine rings is 1. The molecule has 0 bridgehead atoms. The van der Waals surface area contributed by atoms with E-state index in [0.29, 0.717) is 38.0 Å². The lowest BCUT2D eigenvalue weighted by molar-refractivity contribution is 0.0564. The zero-order valence-corrected chi connectivity index (χ0v) is 13.7. The second-order valence-corrected chi connectivity index (χ2v) is 5.74. The van der Waals surface area contributed by atoms with Gasteiger partial charge in [-0.3, -0.25) is 5.32 Å². The van der Waals surface area contributed by atoms with Crippen LogP contribution in [0.1, 0.15) is 5.89 Å². The number of nitrogens with zero attached hydrogens (tertiary/aromatic N) is 4. The van der Waals surface area contributed by atoms with Crippen molar-refractivity contribution in [3.05, 3.63) is 36.5 Å². The zero-order chi connectivity index (χ0) is 17.2. The van der Waals surface area contributed by atoms with Crippen molar-refractivity contribution >= 4 is 22.9 Å². The average molecular weight is 339 g/mol. The lowest BCUT2D eigenvalue weighted by Crippen LogP contribution is -2.43. The largest absolute Gasteiger partial charge is 0.441 e. The van der Waals surface area contributed by atoms with E-state index in [1.165, 1.54) is 0 Å². The van der Waals surface area contributed by atoms with Crippen LogP contribution in [0.25, 0.3) is 22.2 Å². The van der Waals surface area contributed by atoms with Gasteiger partial charge in [-0.25, -0.2) is 19.7 Å². The number of carbonyl (C=O) groups is 1. The summed E-state index contributed by atoms with van der Waals surface area (Å²) < 4.78 is 10.8. The molecule has 4 rings (SSSR count). The molecular weight excluding hydrogens is 322 g/mol. The van der Waals surface area contributed by atoms with E-state index in [2.05, 4.69) is 20.3 Å². The van der Waals surface area contributed by atoms with Gasteiger partial charge in [-0.2, -0.15) is 0 Å². The standard InChI is InChI=1S/C17H17N5O3/c1-11-18-10-15(25-11)12-2-3-13-9-19-16(20-14(13)8-12)21-17(23)22-4-6-24-7-5-22/h2-3,8-10H,4-7H2,1H3,(H,19,20,21,23). The highest BCUT2D eigenvalue weighted by Crippen LogP contribution is 2.24. The van der Waals surface area contributed by atoms with Crippen LogP contribution in [-0.2, 0) is 4.74 Å². The molecule has 0 unspecified atom stereocenters. The van der Waals surface area contributed by atoms with Crippen molar-refractivity contribution in [3.8, 4) is 11.3 Å². The summed E-state index contributed by atoms with van der Waals surface area (Å²) in [6, 6.07) is 5.51. The second kappa shape index (κ2) is 6.48. The van der Waals surface area contributed by atoms with Crippen LogP contribution in [0.5, 0.6) is 0 Å². The minimum atomic E-state index is -0.218. The molecule has 0 aliphatic carbocycles. The second-order valence-electron chi connectivity index (χ2n) is 5.74. The Labute approximate surface area is 143 Å². The number of nitrogens with one attached hydrogen (secondary N) is 1. The normalized spacial score (nSPS) is 14.7. The SMILES string of the molecule is Cc1ncc(-c2ccc3cnc(NC(=O)N4CCOCC4)nc3c2)o1. The molecule has 1 fully saturated rings. The molecule has 0 spiro atoms. The van der Waals surface area contributed by atoms with Crippen molar-refractivity contribution in [1.29, 1.82) is 0 Å². The van der Waals surface area contributed by atoms with Crippen LogP contribution in [0.15, 0.2) is 35.0 Å². The summed E-state index contributed by atoms with van der Waals surface area (Å²) in [7, 11) is 0. The molecule has 2 amide bonds. The Balaban J connectivity index is 1.59.